The SMILES string of the molecule is CCCCCNC(=O)CCN(CCOC)c1nc(Cc2ccc(F)cc2)ns1. The van der Waals surface area contributed by atoms with E-state index in [1.165, 1.54) is 23.7 Å². The van der Waals surface area contributed by atoms with Crippen LogP contribution in [0.2, 0.25) is 0 Å². The number of unbranched alkanes of at least 4 members (excludes halogenated alkanes) is 2. The van der Waals surface area contributed by atoms with Gasteiger partial charge in [0.05, 0.1) is 6.61 Å². The maximum Gasteiger partial charge on any atom is 0.221 e. The second-order valence-corrected chi connectivity index (χ2v) is 7.31. The largest absolute Gasteiger partial charge is 0.383 e. The number of carbonyl (C=O) groups is 1. The van der Waals surface area contributed by atoms with Crippen LogP contribution < -0.4 is 10.2 Å². The van der Waals surface area contributed by atoms with Crippen LogP contribution in [0, 0.1) is 5.82 Å². The number of rotatable bonds is 13. The zero-order valence-electron chi connectivity index (χ0n) is 16.6. The van der Waals surface area contributed by atoms with E-state index in [9.17, 15) is 9.18 Å². The number of nitrogens with one attached hydrogen (secondary N) is 1. The molecule has 154 valence electrons. The van der Waals surface area contributed by atoms with Gasteiger partial charge in [-0.05, 0) is 24.1 Å². The van der Waals surface area contributed by atoms with Crippen LogP contribution >= 0.6 is 11.5 Å². The zero-order valence-corrected chi connectivity index (χ0v) is 17.4. The van der Waals surface area contributed by atoms with E-state index in [1.54, 1.807) is 19.2 Å². The third-order valence-electron chi connectivity index (χ3n) is 4.28. The highest BCUT2D eigenvalue weighted by Gasteiger charge is 2.14. The van der Waals surface area contributed by atoms with Crippen molar-refractivity contribution >= 4 is 22.6 Å². The van der Waals surface area contributed by atoms with E-state index < -0.39 is 0 Å². The number of ether oxygens (including phenoxy) is 1. The topological polar surface area (TPSA) is 67.4 Å². The monoisotopic (exact) mass is 408 g/mol. The van der Waals surface area contributed by atoms with Crippen LogP contribution in [0.15, 0.2) is 24.3 Å². The first-order valence-electron chi connectivity index (χ1n) is 9.70. The number of methoxy groups -OCH3 is 1. The molecule has 0 unspecified atom stereocenters. The van der Waals surface area contributed by atoms with Crippen LogP contribution in [0.25, 0.3) is 0 Å². The quantitative estimate of drug-likeness (QED) is 0.515. The molecule has 0 aliphatic rings. The number of hydrogen-bond donors (Lipinski definition) is 1. The van der Waals surface area contributed by atoms with Crippen molar-refractivity contribution in [1.82, 2.24) is 14.7 Å². The molecule has 0 aliphatic heterocycles. The van der Waals surface area contributed by atoms with Gasteiger partial charge in [0.15, 0.2) is 0 Å². The van der Waals surface area contributed by atoms with Gasteiger partial charge in [0, 0.05) is 51.1 Å². The molecule has 1 N–H and O–H groups in total. The molecule has 1 heterocycles. The summed E-state index contributed by atoms with van der Waals surface area (Å²) in [4.78, 5) is 18.7. The number of amides is 1. The Balaban J connectivity index is 1.90. The van der Waals surface area contributed by atoms with Crippen molar-refractivity contribution < 1.29 is 13.9 Å². The summed E-state index contributed by atoms with van der Waals surface area (Å²) in [5.74, 6) is 0.488. The molecule has 6 nitrogen and oxygen atoms in total. The summed E-state index contributed by atoms with van der Waals surface area (Å²) in [5, 5.41) is 3.73. The Morgan fingerprint density at radius 1 is 1.25 bits per heavy atom. The summed E-state index contributed by atoms with van der Waals surface area (Å²) in [6.07, 6.45) is 4.23. The molecule has 0 fully saturated rings. The molecule has 0 bridgehead atoms. The van der Waals surface area contributed by atoms with Crippen molar-refractivity contribution in [2.75, 3.05) is 38.3 Å². The van der Waals surface area contributed by atoms with Gasteiger partial charge in [0.1, 0.15) is 11.6 Å². The van der Waals surface area contributed by atoms with Crippen molar-refractivity contribution in [1.29, 1.82) is 0 Å². The number of halogens is 1. The van der Waals surface area contributed by atoms with E-state index in [0.717, 1.165) is 36.5 Å². The van der Waals surface area contributed by atoms with Crippen LogP contribution in [0.3, 0.4) is 0 Å². The second-order valence-electron chi connectivity index (χ2n) is 6.58. The minimum atomic E-state index is -0.255. The van der Waals surface area contributed by atoms with E-state index >= 15 is 0 Å². The molecule has 0 atom stereocenters. The normalized spacial score (nSPS) is 10.8. The minimum Gasteiger partial charge on any atom is -0.383 e. The minimum absolute atomic E-state index is 0.0505. The standard InChI is InChI=1S/C20H29FN4O2S/c1-3-4-5-11-22-19(26)10-12-25(13-14-27-2)20-23-18(24-28-20)15-16-6-8-17(21)9-7-16/h6-9H,3-5,10-15H2,1-2H3,(H,22,26). The van der Waals surface area contributed by atoms with Crippen LogP contribution in [-0.2, 0) is 16.0 Å². The first-order valence-corrected chi connectivity index (χ1v) is 10.5. The van der Waals surface area contributed by atoms with E-state index in [2.05, 4.69) is 21.6 Å². The highest BCUT2D eigenvalue weighted by atomic mass is 32.1. The van der Waals surface area contributed by atoms with Crippen LogP contribution in [0.4, 0.5) is 9.52 Å². The lowest BCUT2D eigenvalue weighted by Crippen LogP contribution is -2.33. The van der Waals surface area contributed by atoms with Crippen LogP contribution in [0.1, 0.15) is 44.0 Å². The first kappa shape index (κ1) is 22.2. The van der Waals surface area contributed by atoms with Crippen LogP contribution in [0.5, 0.6) is 0 Å². The number of nitrogens with zero attached hydrogens (tertiary/aromatic N) is 3. The van der Waals surface area contributed by atoms with Gasteiger partial charge in [-0.3, -0.25) is 4.79 Å². The molecule has 0 spiro atoms. The number of benzene rings is 1. The Hall–Kier alpha value is -2.06. The fourth-order valence-electron chi connectivity index (χ4n) is 2.66. The van der Waals surface area contributed by atoms with Gasteiger partial charge in [-0.25, -0.2) is 9.37 Å². The van der Waals surface area contributed by atoms with Crippen molar-refractivity contribution in [3.8, 4) is 0 Å². The molecule has 0 radical (unpaired) electrons. The highest BCUT2D eigenvalue weighted by molar-refractivity contribution is 7.09. The molecule has 0 aliphatic carbocycles. The summed E-state index contributed by atoms with van der Waals surface area (Å²) in [6, 6.07) is 6.35. The first-order chi connectivity index (χ1) is 13.6. The van der Waals surface area contributed by atoms with Gasteiger partial charge in [-0.2, -0.15) is 4.37 Å². The molecule has 28 heavy (non-hydrogen) atoms. The third-order valence-corrected chi connectivity index (χ3v) is 5.09. The van der Waals surface area contributed by atoms with Crippen molar-refractivity contribution in [2.45, 2.75) is 39.0 Å². The van der Waals surface area contributed by atoms with Crippen molar-refractivity contribution in [2.24, 2.45) is 0 Å². The zero-order chi connectivity index (χ0) is 20.2. The van der Waals surface area contributed by atoms with Gasteiger partial charge in [0.25, 0.3) is 0 Å². The average Bonchev–Trinajstić information content (AvgIpc) is 3.15. The molecule has 1 aromatic heterocycles. The number of hydrogen-bond acceptors (Lipinski definition) is 6. The van der Waals surface area contributed by atoms with Gasteiger partial charge in [0.2, 0.25) is 11.0 Å². The third kappa shape index (κ3) is 7.90. The summed E-state index contributed by atoms with van der Waals surface area (Å²) < 4.78 is 22.6. The van der Waals surface area contributed by atoms with Gasteiger partial charge >= 0.3 is 0 Å². The summed E-state index contributed by atoms with van der Waals surface area (Å²) in [7, 11) is 1.65. The lowest BCUT2D eigenvalue weighted by atomic mass is 10.1. The number of anilines is 1. The molecule has 1 aromatic carbocycles. The lowest BCUT2D eigenvalue weighted by Gasteiger charge is -2.20. The molecule has 2 aromatic rings. The maximum atomic E-state index is 13.0. The predicted octanol–water partition coefficient (Wildman–Crippen LogP) is 3.42. The second kappa shape index (κ2) is 12.4. The molecule has 8 heteroatoms. The van der Waals surface area contributed by atoms with Gasteiger partial charge < -0.3 is 15.0 Å². The number of aromatic nitrogens is 2. The Morgan fingerprint density at radius 2 is 2.04 bits per heavy atom. The molecular formula is C20H29FN4O2S. The Bertz CT molecular complexity index is 708. The summed E-state index contributed by atoms with van der Waals surface area (Å²) in [6.45, 7) is 4.62. The van der Waals surface area contributed by atoms with Crippen LogP contribution in [-0.4, -0.2) is 48.6 Å². The molecule has 2 rings (SSSR count). The number of carbonyl (C=O) groups excluding carboxylic acids is 1. The average molecular weight is 409 g/mol. The summed E-state index contributed by atoms with van der Waals surface area (Å²) in [5.41, 5.74) is 0.959. The smallest absolute Gasteiger partial charge is 0.221 e. The Kier molecular flexibility index (Phi) is 9.85. The van der Waals surface area contributed by atoms with Crippen molar-refractivity contribution in [3.05, 3.63) is 41.5 Å². The summed E-state index contributed by atoms with van der Waals surface area (Å²) >= 11 is 1.31. The van der Waals surface area contributed by atoms with E-state index in [0.29, 0.717) is 38.4 Å². The van der Waals surface area contributed by atoms with E-state index in [-0.39, 0.29) is 11.7 Å². The molecular weight excluding hydrogens is 379 g/mol. The molecule has 0 saturated heterocycles. The van der Waals surface area contributed by atoms with Crippen molar-refractivity contribution in [3.63, 3.8) is 0 Å². The lowest BCUT2D eigenvalue weighted by molar-refractivity contribution is -0.120. The Morgan fingerprint density at radius 3 is 2.75 bits per heavy atom. The maximum absolute atomic E-state index is 13.0. The molecule has 1 amide bonds. The highest BCUT2D eigenvalue weighted by Crippen LogP contribution is 2.19. The van der Waals surface area contributed by atoms with Gasteiger partial charge in [-0.15, -0.1) is 0 Å². The molecule has 0 saturated carbocycles. The Labute approximate surface area is 170 Å². The fraction of sp³-hybridized carbons (Fsp3) is 0.550. The van der Waals surface area contributed by atoms with Gasteiger partial charge in [-0.1, -0.05) is 31.9 Å². The van der Waals surface area contributed by atoms with E-state index in [4.69, 9.17) is 4.74 Å². The van der Waals surface area contributed by atoms with E-state index in [1.807, 2.05) is 4.90 Å². The predicted molar refractivity (Wildman–Crippen MR) is 110 cm³/mol. The fourth-order valence-corrected chi connectivity index (χ4v) is 3.40.